The van der Waals surface area contributed by atoms with E-state index in [1.807, 2.05) is 19.1 Å². The maximum atomic E-state index is 11.6. The molecule has 3 nitrogen and oxygen atoms in total. The summed E-state index contributed by atoms with van der Waals surface area (Å²) < 4.78 is 4.99. The van der Waals surface area contributed by atoms with Crippen LogP contribution in [0, 0.1) is 0 Å². The molecule has 0 N–H and O–H groups in total. The van der Waals surface area contributed by atoms with Gasteiger partial charge in [0.15, 0.2) is 0 Å². The van der Waals surface area contributed by atoms with Crippen molar-refractivity contribution in [1.29, 1.82) is 0 Å². The van der Waals surface area contributed by atoms with Crippen molar-refractivity contribution in [2.75, 3.05) is 13.2 Å². The number of esters is 1. The average Bonchev–Trinajstić information content (AvgIpc) is 2.66. The van der Waals surface area contributed by atoms with E-state index >= 15 is 0 Å². The Balaban J connectivity index is 1.85. The minimum Gasteiger partial charge on any atom is -0.463 e. The van der Waals surface area contributed by atoms with Gasteiger partial charge >= 0.3 is 5.97 Å². The predicted molar refractivity (Wildman–Crippen MR) is 107 cm³/mol. The lowest BCUT2D eigenvalue weighted by molar-refractivity contribution is -0.138. The Morgan fingerprint density at radius 2 is 1.46 bits per heavy atom. The summed E-state index contributed by atoms with van der Waals surface area (Å²) in [5.74, 6) is -0.266. The molecule has 0 aromatic heterocycles. The van der Waals surface area contributed by atoms with E-state index in [0.717, 1.165) is 32.5 Å². The van der Waals surface area contributed by atoms with E-state index in [-0.39, 0.29) is 5.97 Å². The molecule has 0 aliphatic carbocycles. The Hall–Kier alpha value is -2.39. The van der Waals surface area contributed by atoms with E-state index < -0.39 is 0 Å². The zero-order valence-electron chi connectivity index (χ0n) is 15.7. The summed E-state index contributed by atoms with van der Waals surface area (Å²) in [6.07, 6.45) is 2.67. The van der Waals surface area contributed by atoms with Crippen LogP contribution in [0.4, 0.5) is 0 Å². The number of carbonyl (C=O) groups excluding carboxylic acids is 1. The zero-order valence-corrected chi connectivity index (χ0v) is 15.7. The fourth-order valence-corrected chi connectivity index (χ4v) is 2.91. The van der Waals surface area contributed by atoms with Crippen molar-refractivity contribution in [2.45, 2.75) is 39.3 Å². The number of hydrogen-bond donors (Lipinski definition) is 0. The highest BCUT2D eigenvalue weighted by molar-refractivity contribution is 5.87. The fraction of sp³-hybridized carbons (Fsp3) is 0.348. The summed E-state index contributed by atoms with van der Waals surface area (Å²) in [4.78, 5) is 14.1. The molecule has 0 heterocycles. The van der Waals surface area contributed by atoms with Crippen molar-refractivity contribution < 1.29 is 9.53 Å². The summed E-state index contributed by atoms with van der Waals surface area (Å²) in [5.41, 5.74) is 3.21. The number of carbonyl (C=O) groups is 1. The molecule has 0 atom stereocenters. The Labute approximate surface area is 157 Å². The normalized spacial score (nSPS) is 10.7. The van der Waals surface area contributed by atoms with Gasteiger partial charge < -0.3 is 4.74 Å². The number of ether oxygens (including phenoxy) is 1. The first kappa shape index (κ1) is 19.9. The van der Waals surface area contributed by atoms with Gasteiger partial charge in [0.25, 0.3) is 0 Å². The van der Waals surface area contributed by atoms with Gasteiger partial charge in [-0.2, -0.15) is 0 Å². The third kappa shape index (κ3) is 7.24. The van der Waals surface area contributed by atoms with E-state index in [1.165, 1.54) is 11.1 Å². The Bertz CT molecular complexity index is 626. The van der Waals surface area contributed by atoms with Crippen LogP contribution in [0.5, 0.6) is 0 Å². The van der Waals surface area contributed by atoms with Crippen molar-refractivity contribution in [3.63, 3.8) is 0 Å². The number of benzene rings is 2. The first-order valence-corrected chi connectivity index (χ1v) is 9.34. The minimum atomic E-state index is -0.266. The highest BCUT2D eigenvalue weighted by atomic mass is 16.5. The predicted octanol–water partition coefficient (Wildman–Crippen LogP) is 4.98. The zero-order chi connectivity index (χ0) is 18.6. The summed E-state index contributed by atoms with van der Waals surface area (Å²) in [6.45, 7) is 8.89. The van der Waals surface area contributed by atoms with Gasteiger partial charge in [0, 0.05) is 18.7 Å². The molecule has 0 spiro atoms. The molecule has 0 unspecified atom stereocenters. The Kier molecular flexibility index (Phi) is 8.64. The van der Waals surface area contributed by atoms with Gasteiger partial charge in [-0.1, -0.05) is 67.2 Å². The molecular weight excluding hydrogens is 322 g/mol. The second-order valence-corrected chi connectivity index (χ2v) is 6.46. The van der Waals surface area contributed by atoms with Crippen molar-refractivity contribution in [3.8, 4) is 0 Å². The topological polar surface area (TPSA) is 29.5 Å². The Morgan fingerprint density at radius 1 is 0.923 bits per heavy atom. The van der Waals surface area contributed by atoms with E-state index in [2.05, 4.69) is 60.0 Å². The van der Waals surface area contributed by atoms with Gasteiger partial charge in [0.05, 0.1) is 6.61 Å². The fourth-order valence-electron chi connectivity index (χ4n) is 2.91. The van der Waals surface area contributed by atoms with Gasteiger partial charge in [-0.3, -0.25) is 4.90 Å². The maximum absolute atomic E-state index is 11.6. The van der Waals surface area contributed by atoms with Crippen LogP contribution in [0.1, 0.15) is 37.3 Å². The van der Waals surface area contributed by atoms with Crippen molar-refractivity contribution in [3.05, 3.63) is 83.9 Å². The summed E-state index contributed by atoms with van der Waals surface area (Å²) in [5, 5.41) is 0. The second kappa shape index (κ2) is 11.3. The largest absolute Gasteiger partial charge is 0.463 e. The highest BCUT2D eigenvalue weighted by Gasteiger charge is 2.10. The van der Waals surface area contributed by atoms with Crippen LogP contribution < -0.4 is 0 Å². The third-order valence-electron chi connectivity index (χ3n) is 4.27. The molecule has 0 radical (unpaired) electrons. The lowest BCUT2D eigenvalue weighted by atomic mass is 10.1. The smallest absolute Gasteiger partial charge is 0.333 e. The second-order valence-electron chi connectivity index (χ2n) is 6.46. The molecule has 0 saturated carbocycles. The molecule has 0 bridgehead atoms. The molecule has 0 aliphatic rings. The third-order valence-corrected chi connectivity index (χ3v) is 4.27. The lowest BCUT2D eigenvalue weighted by Crippen LogP contribution is -2.24. The molecular formula is C23H29NO2. The number of unbranched alkanes of at least 4 members (excludes halogenated alkanes) is 1. The van der Waals surface area contributed by atoms with Crippen LogP contribution in [-0.2, 0) is 22.6 Å². The standard InChI is InChI=1S/C23H29NO2/c1-3-26-23(25)20(2)12-10-11-17-24(18-21-13-6-4-7-14-21)19-22-15-8-5-9-16-22/h4-9,13-16H,2-3,10-12,17-19H2,1H3. The maximum Gasteiger partial charge on any atom is 0.333 e. The molecule has 138 valence electrons. The van der Waals surface area contributed by atoms with Crippen molar-refractivity contribution in [1.82, 2.24) is 4.90 Å². The SMILES string of the molecule is C=C(CCCCN(Cc1ccccc1)Cc1ccccc1)C(=O)OCC. The first-order valence-electron chi connectivity index (χ1n) is 9.34. The van der Waals surface area contributed by atoms with Gasteiger partial charge in [0.2, 0.25) is 0 Å². The molecule has 2 rings (SSSR count). The highest BCUT2D eigenvalue weighted by Crippen LogP contribution is 2.13. The molecule has 0 amide bonds. The van der Waals surface area contributed by atoms with Crippen molar-refractivity contribution >= 4 is 5.97 Å². The quantitative estimate of drug-likeness (QED) is 0.325. The van der Waals surface area contributed by atoms with Crippen molar-refractivity contribution in [2.24, 2.45) is 0 Å². The Morgan fingerprint density at radius 3 is 1.96 bits per heavy atom. The molecule has 0 aliphatic heterocycles. The summed E-state index contributed by atoms with van der Waals surface area (Å²) in [7, 11) is 0. The van der Waals surface area contributed by atoms with Crippen LogP contribution in [0.15, 0.2) is 72.8 Å². The lowest BCUT2D eigenvalue weighted by Gasteiger charge is -2.22. The number of nitrogens with zero attached hydrogens (tertiary/aromatic N) is 1. The first-order chi connectivity index (χ1) is 12.7. The molecule has 2 aromatic carbocycles. The van der Waals surface area contributed by atoms with E-state index in [4.69, 9.17) is 4.74 Å². The van der Waals surface area contributed by atoms with Crippen LogP contribution in [0.3, 0.4) is 0 Å². The number of rotatable bonds is 11. The molecule has 0 fully saturated rings. The monoisotopic (exact) mass is 351 g/mol. The van der Waals surface area contributed by atoms with Gasteiger partial charge in [0.1, 0.15) is 0 Å². The molecule has 26 heavy (non-hydrogen) atoms. The van der Waals surface area contributed by atoms with E-state index in [9.17, 15) is 4.79 Å². The van der Waals surface area contributed by atoms with Crippen LogP contribution in [-0.4, -0.2) is 24.0 Å². The van der Waals surface area contributed by atoms with Gasteiger partial charge in [-0.15, -0.1) is 0 Å². The van der Waals surface area contributed by atoms with Crippen LogP contribution in [0.2, 0.25) is 0 Å². The molecule has 0 saturated heterocycles. The van der Waals surface area contributed by atoms with Gasteiger partial charge in [-0.05, 0) is 43.9 Å². The molecule has 3 heteroatoms. The average molecular weight is 351 g/mol. The van der Waals surface area contributed by atoms with Crippen LogP contribution in [0.25, 0.3) is 0 Å². The van der Waals surface area contributed by atoms with Gasteiger partial charge in [-0.25, -0.2) is 4.79 Å². The summed E-state index contributed by atoms with van der Waals surface area (Å²) >= 11 is 0. The van der Waals surface area contributed by atoms with E-state index in [1.54, 1.807) is 0 Å². The van der Waals surface area contributed by atoms with E-state index in [0.29, 0.717) is 18.6 Å². The minimum absolute atomic E-state index is 0.266. The summed E-state index contributed by atoms with van der Waals surface area (Å²) in [6, 6.07) is 21.1. The molecule has 2 aromatic rings. The number of hydrogen-bond acceptors (Lipinski definition) is 3. The van der Waals surface area contributed by atoms with Crippen LogP contribution >= 0.6 is 0 Å².